The predicted octanol–water partition coefficient (Wildman–Crippen LogP) is 0.822. The highest BCUT2D eigenvalue weighted by Gasteiger charge is 2.26. The van der Waals surface area contributed by atoms with Crippen LogP contribution in [0.15, 0.2) is 0 Å². The number of halogens is 1. The van der Waals surface area contributed by atoms with E-state index >= 15 is 0 Å². The number of ether oxygens (including phenoxy) is 2. The Labute approximate surface area is 80.2 Å². The quantitative estimate of drug-likeness (QED) is 0.708. The van der Waals surface area contributed by atoms with Crippen LogP contribution in [0.1, 0.15) is 13.8 Å². The zero-order valence-corrected chi connectivity index (χ0v) is 8.74. The standard InChI is InChI=1S/C8H17NO2.ClH/c1-8(2)6-9-7(4-10-3)5-11-8;/h7,9H,4-6H2,1-3H3;1H/t7-;/m1./s1. The molecule has 0 amide bonds. The van der Waals surface area contributed by atoms with Crippen molar-refractivity contribution >= 4 is 12.4 Å². The third kappa shape index (κ3) is 3.72. The third-order valence-electron chi connectivity index (χ3n) is 1.86. The molecule has 0 radical (unpaired) electrons. The summed E-state index contributed by atoms with van der Waals surface area (Å²) in [6.45, 7) is 6.56. The fourth-order valence-electron chi connectivity index (χ4n) is 1.13. The van der Waals surface area contributed by atoms with Crippen LogP contribution in [0.25, 0.3) is 0 Å². The molecule has 3 nitrogen and oxygen atoms in total. The molecule has 0 aromatic rings. The van der Waals surface area contributed by atoms with Gasteiger partial charge in [-0.25, -0.2) is 0 Å². The van der Waals surface area contributed by atoms with Gasteiger partial charge in [0.1, 0.15) is 0 Å². The van der Waals surface area contributed by atoms with Crippen LogP contribution in [-0.2, 0) is 9.47 Å². The SMILES string of the molecule is COC[C@@H]1COC(C)(C)CN1.Cl. The molecule has 1 aliphatic heterocycles. The Bertz CT molecular complexity index is 120. The number of rotatable bonds is 2. The Morgan fingerprint density at radius 3 is 2.67 bits per heavy atom. The van der Waals surface area contributed by atoms with Crippen LogP contribution >= 0.6 is 12.4 Å². The summed E-state index contributed by atoms with van der Waals surface area (Å²) >= 11 is 0. The van der Waals surface area contributed by atoms with E-state index in [9.17, 15) is 0 Å². The highest BCUT2D eigenvalue weighted by atomic mass is 35.5. The van der Waals surface area contributed by atoms with Crippen LogP contribution < -0.4 is 5.32 Å². The zero-order valence-electron chi connectivity index (χ0n) is 7.92. The van der Waals surface area contributed by atoms with E-state index in [1.54, 1.807) is 7.11 Å². The van der Waals surface area contributed by atoms with Crippen molar-refractivity contribution in [3.8, 4) is 0 Å². The highest BCUT2D eigenvalue weighted by molar-refractivity contribution is 5.85. The number of methoxy groups -OCH3 is 1. The van der Waals surface area contributed by atoms with E-state index in [-0.39, 0.29) is 18.0 Å². The van der Waals surface area contributed by atoms with Crippen LogP contribution in [0.5, 0.6) is 0 Å². The van der Waals surface area contributed by atoms with Crippen LogP contribution in [-0.4, -0.2) is 38.5 Å². The molecule has 0 unspecified atom stereocenters. The molecule has 1 saturated heterocycles. The summed E-state index contributed by atoms with van der Waals surface area (Å²) < 4.78 is 10.6. The maximum atomic E-state index is 5.59. The van der Waals surface area contributed by atoms with E-state index < -0.39 is 0 Å². The van der Waals surface area contributed by atoms with Crippen molar-refractivity contribution in [1.82, 2.24) is 5.32 Å². The average molecular weight is 196 g/mol. The molecular formula is C8H18ClNO2. The van der Waals surface area contributed by atoms with Crippen molar-refractivity contribution in [3.63, 3.8) is 0 Å². The molecule has 0 spiro atoms. The molecule has 1 atom stereocenters. The molecule has 1 aliphatic rings. The number of hydrogen-bond donors (Lipinski definition) is 1. The fourth-order valence-corrected chi connectivity index (χ4v) is 1.13. The summed E-state index contributed by atoms with van der Waals surface area (Å²) in [5, 5.41) is 3.36. The molecule has 74 valence electrons. The third-order valence-corrected chi connectivity index (χ3v) is 1.86. The molecule has 4 heteroatoms. The van der Waals surface area contributed by atoms with Gasteiger partial charge in [-0.1, -0.05) is 0 Å². The molecule has 0 aromatic carbocycles. The molecule has 1 heterocycles. The minimum Gasteiger partial charge on any atom is -0.383 e. The van der Waals surface area contributed by atoms with Crippen LogP contribution in [0.4, 0.5) is 0 Å². The van der Waals surface area contributed by atoms with Crippen molar-refractivity contribution in [3.05, 3.63) is 0 Å². The molecule has 12 heavy (non-hydrogen) atoms. The van der Waals surface area contributed by atoms with Crippen molar-refractivity contribution < 1.29 is 9.47 Å². The summed E-state index contributed by atoms with van der Waals surface area (Å²) in [6.07, 6.45) is 0. The monoisotopic (exact) mass is 195 g/mol. The van der Waals surface area contributed by atoms with Crippen molar-refractivity contribution in [2.45, 2.75) is 25.5 Å². The lowest BCUT2D eigenvalue weighted by Gasteiger charge is -2.35. The molecular weight excluding hydrogens is 178 g/mol. The van der Waals surface area contributed by atoms with E-state index in [0.29, 0.717) is 6.04 Å². The van der Waals surface area contributed by atoms with E-state index in [0.717, 1.165) is 19.8 Å². The van der Waals surface area contributed by atoms with Gasteiger partial charge < -0.3 is 14.8 Å². The van der Waals surface area contributed by atoms with Gasteiger partial charge in [-0.3, -0.25) is 0 Å². The van der Waals surface area contributed by atoms with E-state index in [1.165, 1.54) is 0 Å². The van der Waals surface area contributed by atoms with Crippen molar-refractivity contribution in [2.24, 2.45) is 0 Å². The molecule has 0 aromatic heterocycles. The van der Waals surface area contributed by atoms with Gasteiger partial charge in [0.25, 0.3) is 0 Å². The van der Waals surface area contributed by atoms with Gasteiger partial charge in [-0.15, -0.1) is 12.4 Å². The summed E-state index contributed by atoms with van der Waals surface area (Å²) in [5.41, 5.74) is -0.00968. The van der Waals surface area contributed by atoms with Gasteiger partial charge in [0, 0.05) is 13.7 Å². The van der Waals surface area contributed by atoms with Gasteiger partial charge in [-0.2, -0.15) is 0 Å². The van der Waals surface area contributed by atoms with E-state index in [1.807, 2.05) is 0 Å². The molecule has 0 bridgehead atoms. The predicted molar refractivity (Wildman–Crippen MR) is 50.9 cm³/mol. The lowest BCUT2D eigenvalue weighted by molar-refractivity contribution is -0.0685. The second-order valence-corrected chi connectivity index (χ2v) is 3.60. The fraction of sp³-hybridized carbons (Fsp3) is 1.00. The maximum absolute atomic E-state index is 5.59. The van der Waals surface area contributed by atoms with Gasteiger partial charge in [0.2, 0.25) is 0 Å². The molecule has 1 fully saturated rings. The Hall–Kier alpha value is 0.170. The van der Waals surface area contributed by atoms with Crippen molar-refractivity contribution in [2.75, 3.05) is 26.9 Å². The maximum Gasteiger partial charge on any atom is 0.0751 e. The molecule has 1 rings (SSSR count). The Morgan fingerprint density at radius 2 is 2.25 bits per heavy atom. The molecule has 0 saturated carbocycles. The Kier molecular flexibility index (Phi) is 5.09. The largest absolute Gasteiger partial charge is 0.383 e. The van der Waals surface area contributed by atoms with E-state index in [4.69, 9.17) is 9.47 Å². The Morgan fingerprint density at radius 1 is 1.58 bits per heavy atom. The molecule has 0 aliphatic carbocycles. The number of hydrogen-bond acceptors (Lipinski definition) is 3. The van der Waals surface area contributed by atoms with Crippen molar-refractivity contribution in [1.29, 1.82) is 0 Å². The smallest absolute Gasteiger partial charge is 0.0751 e. The van der Waals surface area contributed by atoms with Crippen LogP contribution in [0, 0.1) is 0 Å². The highest BCUT2D eigenvalue weighted by Crippen LogP contribution is 2.12. The minimum absolute atomic E-state index is 0. The summed E-state index contributed by atoms with van der Waals surface area (Å²) in [5.74, 6) is 0. The second-order valence-electron chi connectivity index (χ2n) is 3.60. The Balaban J connectivity index is 0.00000121. The first-order valence-electron chi connectivity index (χ1n) is 4.00. The first-order valence-corrected chi connectivity index (χ1v) is 4.00. The van der Waals surface area contributed by atoms with Gasteiger partial charge in [-0.05, 0) is 13.8 Å². The van der Waals surface area contributed by atoms with Crippen LogP contribution in [0.2, 0.25) is 0 Å². The normalized spacial score (nSPS) is 27.8. The lowest BCUT2D eigenvalue weighted by Crippen LogP contribution is -2.53. The van der Waals surface area contributed by atoms with Gasteiger partial charge >= 0.3 is 0 Å². The van der Waals surface area contributed by atoms with Crippen LogP contribution in [0.3, 0.4) is 0 Å². The lowest BCUT2D eigenvalue weighted by atomic mass is 10.1. The summed E-state index contributed by atoms with van der Waals surface area (Å²) in [4.78, 5) is 0. The average Bonchev–Trinajstić information content (AvgIpc) is 1.94. The molecule has 1 N–H and O–H groups in total. The number of nitrogens with one attached hydrogen (secondary N) is 1. The van der Waals surface area contributed by atoms with Gasteiger partial charge in [0.15, 0.2) is 0 Å². The zero-order chi connectivity index (χ0) is 8.32. The first kappa shape index (κ1) is 12.2. The second kappa shape index (κ2) is 5.02. The number of morpholine rings is 1. The summed E-state index contributed by atoms with van der Waals surface area (Å²) in [7, 11) is 1.71. The topological polar surface area (TPSA) is 30.5 Å². The first-order chi connectivity index (χ1) is 5.14. The summed E-state index contributed by atoms with van der Waals surface area (Å²) in [6, 6.07) is 0.369. The van der Waals surface area contributed by atoms with E-state index in [2.05, 4.69) is 19.2 Å². The van der Waals surface area contributed by atoms with Gasteiger partial charge in [0.05, 0.1) is 24.9 Å². The minimum atomic E-state index is -0.00968.